The van der Waals surface area contributed by atoms with Crippen LogP contribution in [-0.4, -0.2) is 26.7 Å². The quantitative estimate of drug-likeness (QED) is 0.179. The van der Waals surface area contributed by atoms with Gasteiger partial charge in [-0.25, -0.2) is 9.97 Å². The van der Waals surface area contributed by atoms with Crippen LogP contribution in [-0.2, 0) is 13.1 Å². The first-order chi connectivity index (χ1) is 17.3. The Balaban J connectivity index is 0.000000174. The molecule has 2 N–H and O–H groups in total. The van der Waals surface area contributed by atoms with Crippen molar-refractivity contribution in [1.29, 1.82) is 0 Å². The van der Waals surface area contributed by atoms with E-state index in [-0.39, 0.29) is 18.4 Å². The number of hydrogen-bond acceptors (Lipinski definition) is 5. The summed E-state index contributed by atoms with van der Waals surface area (Å²) < 4.78 is 2.21. The van der Waals surface area contributed by atoms with E-state index < -0.39 is 0 Å². The number of aromatic nitrogens is 2. The summed E-state index contributed by atoms with van der Waals surface area (Å²) in [7, 11) is 0. The van der Waals surface area contributed by atoms with E-state index in [9.17, 15) is 9.59 Å². The van der Waals surface area contributed by atoms with Crippen molar-refractivity contribution in [2.75, 3.05) is 0 Å². The maximum atomic E-state index is 12.5. The van der Waals surface area contributed by atoms with Crippen molar-refractivity contribution in [3.63, 3.8) is 0 Å². The van der Waals surface area contributed by atoms with Gasteiger partial charge in [-0.2, -0.15) is 0 Å². The number of hydrogen-bond donors (Lipinski definition) is 1. The second-order valence-electron chi connectivity index (χ2n) is 9.10. The van der Waals surface area contributed by atoms with Gasteiger partial charge in [-0.1, -0.05) is 35.3 Å². The maximum Gasteiger partial charge on any atom is 0.261 e. The number of carbonyl (C=O) groups is 2. The molecule has 6 nitrogen and oxygen atoms in total. The second-order valence-corrected chi connectivity index (χ2v) is 12.0. The lowest BCUT2D eigenvalue weighted by Gasteiger charge is -2.16. The molecule has 0 spiro atoms. The standard InChI is InChI=1S/C17H12ClIN2O2.C9H10ClIN2/c18-13-7-10(14(19)15(20-13)9-5-6-9)8-21-16(22)11-3-1-2-4-12(11)17(21)23;10-7-3-6(4-12)8(11)9(13-7)5-1-2-5/h1-4,7,9H,5-6,8H2;3,5H,1-2,4,12H2. The van der Waals surface area contributed by atoms with Crippen LogP contribution in [0.3, 0.4) is 0 Å². The van der Waals surface area contributed by atoms with Crippen molar-refractivity contribution in [3.05, 3.63) is 87.5 Å². The molecule has 0 atom stereocenters. The van der Waals surface area contributed by atoms with Crippen molar-refractivity contribution in [3.8, 4) is 0 Å². The van der Waals surface area contributed by atoms with E-state index in [0.29, 0.717) is 39.8 Å². The Morgan fingerprint density at radius 2 is 1.28 bits per heavy atom. The molecule has 0 radical (unpaired) electrons. The number of pyridine rings is 2. The zero-order chi connectivity index (χ0) is 25.6. The number of imide groups is 1. The van der Waals surface area contributed by atoms with E-state index in [0.717, 1.165) is 38.9 Å². The topological polar surface area (TPSA) is 89.2 Å². The molecule has 3 aromatic rings. The lowest BCUT2D eigenvalue weighted by atomic mass is 10.1. The van der Waals surface area contributed by atoms with E-state index in [1.54, 1.807) is 30.3 Å². The first-order valence-corrected chi connectivity index (χ1v) is 14.5. The largest absolute Gasteiger partial charge is 0.326 e. The molecule has 0 unspecified atom stereocenters. The van der Waals surface area contributed by atoms with Gasteiger partial charge < -0.3 is 5.73 Å². The highest BCUT2D eigenvalue weighted by Gasteiger charge is 2.36. The summed E-state index contributed by atoms with van der Waals surface area (Å²) in [4.78, 5) is 35.0. The smallest absolute Gasteiger partial charge is 0.261 e. The monoisotopic (exact) mass is 746 g/mol. The molecule has 2 aromatic heterocycles. The molecule has 2 fully saturated rings. The zero-order valence-corrected chi connectivity index (χ0v) is 24.9. The van der Waals surface area contributed by atoms with Crippen LogP contribution in [0.1, 0.15) is 80.7 Å². The molecule has 0 bridgehead atoms. The van der Waals surface area contributed by atoms with Crippen LogP contribution in [0, 0.1) is 7.14 Å². The molecule has 2 amide bonds. The zero-order valence-electron chi connectivity index (χ0n) is 19.1. The van der Waals surface area contributed by atoms with Crippen molar-refractivity contribution in [2.45, 2.75) is 50.6 Å². The molecule has 0 saturated heterocycles. The van der Waals surface area contributed by atoms with Crippen LogP contribution in [0.5, 0.6) is 0 Å². The molecule has 2 aliphatic carbocycles. The Kier molecular flexibility index (Phi) is 7.88. The van der Waals surface area contributed by atoms with Gasteiger partial charge in [-0.3, -0.25) is 14.5 Å². The van der Waals surface area contributed by atoms with Crippen molar-refractivity contribution < 1.29 is 9.59 Å². The van der Waals surface area contributed by atoms with Crippen LogP contribution in [0.4, 0.5) is 0 Å². The van der Waals surface area contributed by atoms with Gasteiger partial charge in [-0.05, 0) is 106 Å². The maximum absolute atomic E-state index is 12.5. The van der Waals surface area contributed by atoms with E-state index >= 15 is 0 Å². The number of nitrogens with two attached hydrogens (primary N) is 1. The first-order valence-electron chi connectivity index (χ1n) is 11.6. The lowest BCUT2D eigenvalue weighted by molar-refractivity contribution is 0.0642. The van der Waals surface area contributed by atoms with Crippen LogP contribution in [0.25, 0.3) is 0 Å². The molecule has 36 heavy (non-hydrogen) atoms. The third-order valence-corrected chi connectivity index (χ3v) is 9.29. The van der Waals surface area contributed by atoms with Gasteiger partial charge in [-0.15, -0.1) is 0 Å². The highest BCUT2D eigenvalue weighted by atomic mass is 127. The molecule has 3 heterocycles. The second kappa shape index (κ2) is 10.8. The number of nitrogens with zero attached hydrogens (tertiary/aromatic N) is 3. The molecular formula is C26H22Cl2I2N4O2. The van der Waals surface area contributed by atoms with E-state index in [2.05, 4.69) is 55.1 Å². The fraction of sp³-hybridized carbons (Fsp3) is 0.308. The summed E-state index contributed by atoms with van der Waals surface area (Å²) in [5.74, 6) is 0.599. The number of benzene rings is 1. The molecule has 2 saturated carbocycles. The van der Waals surface area contributed by atoms with Crippen LogP contribution >= 0.6 is 68.4 Å². The average molecular weight is 747 g/mol. The van der Waals surface area contributed by atoms with Crippen molar-refractivity contribution >= 4 is 80.2 Å². The van der Waals surface area contributed by atoms with Crippen molar-refractivity contribution in [1.82, 2.24) is 14.9 Å². The number of amides is 2. The highest BCUT2D eigenvalue weighted by Crippen LogP contribution is 2.43. The molecule has 1 aliphatic heterocycles. The summed E-state index contributed by atoms with van der Waals surface area (Å²) in [6.07, 6.45) is 4.73. The summed E-state index contributed by atoms with van der Waals surface area (Å²) in [5.41, 5.74) is 10.7. The van der Waals surface area contributed by atoms with Gasteiger partial charge in [0.2, 0.25) is 0 Å². The minimum Gasteiger partial charge on any atom is -0.326 e. The number of halogens is 4. The Labute approximate surface area is 246 Å². The fourth-order valence-corrected chi connectivity index (χ4v) is 6.48. The summed E-state index contributed by atoms with van der Waals surface area (Å²) in [6, 6.07) is 10.5. The predicted molar refractivity (Wildman–Crippen MR) is 156 cm³/mol. The van der Waals surface area contributed by atoms with Gasteiger partial charge in [0.15, 0.2) is 0 Å². The van der Waals surface area contributed by atoms with Crippen molar-refractivity contribution in [2.24, 2.45) is 5.73 Å². The van der Waals surface area contributed by atoms with E-state index in [4.69, 9.17) is 28.9 Å². The lowest BCUT2D eigenvalue weighted by Crippen LogP contribution is -2.29. The summed E-state index contributed by atoms with van der Waals surface area (Å²) in [5, 5.41) is 0.988. The Hall–Kier alpha value is -1.34. The Bertz CT molecular complexity index is 1340. The SMILES string of the molecule is NCc1cc(Cl)nc(C2CC2)c1I.O=C1c2ccccc2C(=O)N1Cc1cc(Cl)nc(C2CC2)c1I. The van der Waals surface area contributed by atoms with Crippen LogP contribution in [0.15, 0.2) is 36.4 Å². The van der Waals surface area contributed by atoms with Gasteiger partial charge >= 0.3 is 0 Å². The van der Waals surface area contributed by atoms with Gasteiger partial charge in [0.05, 0.1) is 29.1 Å². The summed E-state index contributed by atoms with van der Waals surface area (Å²) in [6.45, 7) is 0.771. The minimum absolute atomic E-state index is 0.229. The molecule has 10 heteroatoms. The van der Waals surface area contributed by atoms with Gasteiger partial charge in [0.1, 0.15) is 10.3 Å². The van der Waals surface area contributed by atoms with E-state index in [1.807, 2.05) is 6.07 Å². The summed E-state index contributed by atoms with van der Waals surface area (Å²) >= 11 is 16.6. The third-order valence-electron chi connectivity index (χ3n) is 6.41. The normalized spacial score (nSPS) is 16.6. The molecule has 186 valence electrons. The number of fused-ring (bicyclic) bond motifs is 1. The van der Waals surface area contributed by atoms with E-state index in [1.165, 1.54) is 21.3 Å². The van der Waals surface area contributed by atoms with Gasteiger partial charge in [0, 0.05) is 25.5 Å². The van der Waals surface area contributed by atoms with Crippen LogP contribution in [0.2, 0.25) is 10.3 Å². The number of rotatable bonds is 5. The Morgan fingerprint density at radius 1 is 0.833 bits per heavy atom. The molecule has 6 rings (SSSR count). The Morgan fingerprint density at radius 3 is 1.72 bits per heavy atom. The fourth-order valence-electron chi connectivity index (χ4n) is 4.21. The highest BCUT2D eigenvalue weighted by molar-refractivity contribution is 14.1. The third kappa shape index (κ3) is 5.43. The molecule has 1 aromatic carbocycles. The number of carbonyl (C=O) groups excluding carboxylic acids is 2. The van der Waals surface area contributed by atoms with Crippen LogP contribution < -0.4 is 5.73 Å². The van der Waals surface area contributed by atoms with Gasteiger partial charge in [0.25, 0.3) is 11.8 Å². The molecule has 3 aliphatic rings. The minimum atomic E-state index is -0.248. The molecular weight excluding hydrogens is 725 g/mol. The predicted octanol–water partition coefficient (Wildman–Crippen LogP) is 6.69. The first kappa shape index (κ1) is 26.3. The average Bonchev–Trinajstić information content (AvgIpc) is 3.79.